The minimum atomic E-state index is -0.115. The smallest absolute Gasteiger partial charge is 0.255 e. The number of rotatable bonds is 3. The second-order valence-electron chi connectivity index (χ2n) is 6.13. The second kappa shape index (κ2) is 6.80. The van der Waals surface area contributed by atoms with Crippen molar-refractivity contribution in [3.05, 3.63) is 76.6 Å². The SMILES string of the molecule is COc1ccc(C2CN(C(=O)c3ccncc3Cl)Cc3[nH]cnc32)cc1. The first kappa shape index (κ1) is 16.6. The number of pyridine rings is 1. The van der Waals surface area contributed by atoms with Crippen LogP contribution in [0.3, 0.4) is 0 Å². The number of aromatic amines is 1. The van der Waals surface area contributed by atoms with Crippen LogP contribution in [0.15, 0.2) is 49.1 Å². The zero-order valence-electron chi connectivity index (χ0n) is 14.1. The normalized spacial score (nSPS) is 16.2. The molecule has 0 radical (unpaired) electrons. The number of nitrogens with zero attached hydrogens (tertiary/aromatic N) is 3. The number of imidazole rings is 1. The molecule has 0 fully saturated rings. The molecule has 0 saturated carbocycles. The van der Waals surface area contributed by atoms with Gasteiger partial charge in [0.05, 0.1) is 42.0 Å². The number of carbonyl (C=O) groups excluding carboxylic acids is 1. The number of ether oxygens (including phenoxy) is 1. The molecule has 6 nitrogen and oxygen atoms in total. The maximum absolute atomic E-state index is 13.0. The summed E-state index contributed by atoms with van der Waals surface area (Å²) in [4.78, 5) is 26.4. The maximum atomic E-state index is 13.0. The Hall–Kier alpha value is -2.86. The predicted molar refractivity (Wildman–Crippen MR) is 97.4 cm³/mol. The van der Waals surface area contributed by atoms with Gasteiger partial charge in [0.1, 0.15) is 5.75 Å². The first-order valence-electron chi connectivity index (χ1n) is 8.22. The maximum Gasteiger partial charge on any atom is 0.255 e. The van der Waals surface area contributed by atoms with Crippen LogP contribution in [0.5, 0.6) is 5.75 Å². The van der Waals surface area contributed by atoms with E-state index in [1.807, 2.05) is 24.3 Å². The standard InChI is InChI=1S/C19H17ClN4O2/c1-26-13-4-2-12(3-5-13)15-9-24(10-17-18(15)23-11-22-17)19(25)14-6-7-21-8-16(14)20/h2-8,11,15H,9-10H2,1H3,(H,22,23). The van der Waals surface area contributed by atoms with Crippen LogP contribution in [0.2, 0.25) is 5.02 Å². The van der Waals surface area contributed by atoms with E-state index in [9.17, 15) is 4.79 Å². The fourth-order valence-electron chi connectivity index (χ4n) is 3.29. The summed E-state index contributed by atoms with van der Waals surface area (Å²) in [6.45, 7) is 1.00. The Morgan fingerprint density at radius 2 is 2.12 bits per heavy atom. The number of hydrogen-bond donors (Lipinski definition) is 1. The van der Waals surface area contributed by atoms with E-state index >= 15 is 0 Å². The number of benzene rings is 1. The number of nitrogens with one attached hydrogen (secondary N) is 1. The average Bonchev–Trinajstić information content (AvgIpc) is 3.16. The summed E-state index contributed by atoms with van der Waals surface area (Å²) in [5, 5.41) is 0.355. The minimum absolute atomic E-state index is 0.0135. The van der Waals surface area contributed by atoms with E-state index in [-0.39, 0.29) is 11.8 Å². The number of halogens is 1. The molecular formula is C19H17ClN4O2. The number of amides is 1. The lowest BCUT2D eigenvalue weighted by atomic mass is 9.90. The summed E-state index contributed by atoms with van der Waals surface area (Å²) in [5.74, 6) is 0.667. The molecule has 1 amide bonds. The van der Waals surface area contributed by atoms with Crippen LogP contribution >= 0.6 is 11.6 Å². The third kappa shape index (κ3) is 2.93. The van der Waals surface area contributed by atoms with Gasteiger partial charge in [-0.25, -0.2) is 4.98 Å². The molecule has 0 spiro atoms. The summed E-state index contributed by atoms with van der Waals surface area (Å²) >= 11 is 6.16. The molecule has 0 bridgehead atoms. The highest BCUT2D eigenvalue weighted by molar-refractivity contribution is 6.33. The lowest BCUT2D eigenvalue weighted by Crippen LogP contribution is -2.38. The van der Waals surface area contributed by atoms with Gasteiger partial charge in [0, 0.05) is 24.9 Å². The molecule has 4 rings (SSSR count). The van der Waals surface area contributed by atoms with Gasteiger partial charge in [-0.3, -0.25) is 9.78 Å². The molecule has 3 aromatic rings. The Morgan fingerprint density at radius 3 is 2.85 bits per heavy atom. The topological polar surface area (TPSA) is 71.1 Å². The second-order valence-corrected chi connectivity index (χ2v) is 6.54. The summed E-state index contributed by atoms with van der Waals surface area (Å²) in [5.41, 5.74) is 3.45. The highest BCUT2D eigenvalue weighted by Gasteiger charge is 2.32. The van der Waals surface area contributed by atoms with E-state index < -0.39 is 0 Å². The molecule has 1 unspecified atom stereocenters. The van der Waals surface area contributed by atoms with Crippen LogP contribution in [-0.4, -0.2) is 39.4 Å². The van der Waals surface area contributed by atoms with Crippen molar-refractivity contribution < 1.29 is 9.53 Å². The Morgan fingerprint density at radius 1 is 1.31 bits per heavy atom. The van der Waals surface area contributed by atoms with Crippen molar-refractivity contribution in [1.82, 2.24) is 19.9 Å². The molecule has 1 aliphatic heterocycles. The molecule has 1 N–H and O–H groups in total. The number of fused-ring (bicyclic) bond motifs is 1. The quantitative estimate of drug-likeness (QED) is 0.770. The third-order valence-electron chi connectivity index (χ3n) is 4.64. The van der Waals surface area contributed by atoms with Crippen LogP contribution in [-0.2, 0) is 6.54 Å². The predicted octanol–water partition coefficient (Wildman–Crippen LogP) is 3.25. The first-order valence-corrected chi connectivity index (χ1v) is 8.60. The lowest BCUT2D eigenvalue weighted by molar-refractivity contribution is 0.0722. The van der Waals surface area contributed by atoms with Gasteiger partial charge in [-0.15, -0.1) is 0 Å². The minimum Gasteiger partial charge on any atom is -0.497 e. The highest BCUT2D eigenvalue weighted by Crippen LogP contribution is 2.33. The van der Waals surface area contributed by atoms with E-state index in [1.165, 1.54) is 6.20 Å². The Kier molecular flexibility index (Phi) is 4.34. The monoisotopic (exact) mass is 368 g/mol. The molecule has 26 heavy (non-hydrogen) atoms. The van der Waals surface area contributed by atoms with E-state index in [4.69, 9.17) is 16.3 Å². The highest BCUT2D eigenvalue weighted by atomic mass is 35.5. The molecule has 7 heteroatoms. The zero-order chi connectivity index (χ0) is 18.1. The van der Waals surface area contributed by atoms with Gasteiger partial charge < -0.3 is 14.6 Å². The molecule has 0 aliphatic carbocycles. The van der Waals surface area contributed by atoms with Crippen molar-refractivity contribution in [2.24, 2.45) is 0 Å². The van der Waals surface area contributed by atoms with Crippen molar-refractivity contribution in [2.45, 2.75) is 12.5 Å². The van der Waals surface area contributed by atoms with Crippen molar-refractivity contribution in [1.29, 1.82) is 0 Å². The number of methoxy groups -OCH3 is 1. The first-order chi connectivity index (χ1) is 12.7. The number of carbonyl (C=O) groups is 1. The molecule has 1 atom stereocenters. The summed E-state index contributed by atoms with van der Waals surface area (Å²) in [6.07, 6.45) is 4.74. The van der Waals surface area contributed by atoms with Gasteiger partial charge in [-0.1, -0.05) is 23.7 Å². The largest absolute Gasteiger partial charge is 0.497 e. The molecule has 3 heterocycles. The Balaban J connectivity index is 1.68. The fourth-order valence-corrected chi connectivity index (χ4v) is 3.49. The van der Waals surface area contributed by atoms with Crippen LogP contribution in [0.1, 0.15) is 33.2 Å². The Bertz CT molecular complexity index is 939. The molecule has 0 saturated heterocycles. The fraction of sp³-hybridized carbons (Fsp3) is 0.211. The number of hydrogen-bond acceptors (Lipinski definition) is 4. The summed E-state index contributed by atoms with van der Waals surface area (Å²) in [6, 6.07) is 9.50. The van der Waals surface area contributed by atoms with Crippen molar-refractivity contribution in [3.8, 4) is 5.75 Å². The molecule has 1 aromatic carbocycles. The van der Waals surface area contributed by atoms with Gasteiger partial charge in [-0.05, 0) is 23.8 Å². The van der Waals surface area contributed by atoms with Gasteiger partial charge in [0.2, 0.25) is 0 Å². The van der Waals surface area contributed by atoms with Crippen LogP contribution in [0.4, 0.5) is 0 Å². The van der Waals surface area contributed by atoms with Crippen LogP contribution in [0, 0.1) is 0 Å². The molecule has 1 aliphatic rings. The van der Waals surface area contributed by atoms with E-state index in [0.29, 0.717) is 23.7 Å². The van der Waals surface area contributed by atoms with Crippen LogP contribution < -0.4 is 4.74 Å². The van der Waals surface area contributed by atoms with Crippen molar-refractivity contribution in [3.63, 3.8) is 0 Å². The van der Waals surface area contributed by atoms with Crippen LogP contribution in [0.25, 0.3) is 0 Å². The molecular weight excluding hydrogens is 352 g/mol. The van der Waals surface area contributed by atoms with Gasteiger partial charge in [0.15, 0.2) is 0 Å². The molecule has 132 valence electrons. The summed E-state index contributed by atoms with van der Waals surface area (Å²) in [7, 11) is 1.64. The van der Waals surface area contributed by atoms with E-state index in [0.717, 1.165) is 22.7 Å². The molecule has 2 aromatic heterocycles. The van der Waals surface area contributed by atoms with E-state index in [1.54, 1.807) is 30.6 Å². The number of H-pyrrole nitrogens is 1. The van der Waals surface area contributed by atoms with Crippen molar-refractivity contribution >= 4 is 17.5 Å². The van der Waals surface area contributed by atoms with Crippen molar-refractivity contribution in [2.75, 3.05) is 13.7 Å². The third-order valence-corrected chi connectivity index (χ3v) is 4.94. The van der Waals surface area contributed by atoms with Gasteiger partial charge in [-0.2, -0.15) is 0 Å². The summed E-state index contributed by atoms with van der Waals surface area (Å²) < 4.78 is 5.23. The Labute approximate surface area is 155 Å². The van der Waals surface area contributed by atoms with E-state index in [2.05, 4.69) is 15.0 Å². The van der Waals surface area contributed by atoms with Gasteiger partial charge >= 0.3 is 0 Å². The number of aromatic nitrogens is 3. The zero-order valence-corrected chi connectivity index (χ0v) is 14.9. The lowest BCUT2D eigenvalue weighted by Gasteiger charge is -2.32. The van der Waals surface area contributed by atoms with Gasteiger partial charge in [0.25, 0.3) is 5.91 Å². The average molecular weight is 369 g/mol.